The molecule has 19 heavy (non-hydrogen) atoms. The molecule has 0 saturated carbocycles. The summed E-state index contributed by atoms with van der Waals surface area (Å²) in [6.45, 7) is 6.20. The summed E-state index contributed by atoms with van der Waals surface area (Å²) in [5.74, 6) is 0.263. The lowest BCUT2D eigenvalue weighted by Crippen LogP contribution is -2.32. The zero-order valence-electron chi connectivity index (χ0n) is 12.3. The Bertz CT molecular complexity index is 403. The van der Waals surface area contributed by atoms with E-state index in [2.05, 4.69) is 19.2 Å². The van der Waals surface area contributed by atoms with Gasteiger partial charge < -0.3 is 11.1 Å². The second kappa shape index (κ2) is 7.82. The minimum absolute atomic E-state index is 0.0376. The fourth-order valence-corrected chi connectivity index (χ4v) is 2.29. The van der Waals surface area contributed by atoms with Crippen molar-refractivity contribution >= 4 is 11.6 Å². The summed E-state index contributed by atoms with van der Waals surface area (Å²) in [4.78, 5) is 12.2. The smallest absolute Gasteiger partial charge is 0.223 e. The molecule has 0 heterocycles. The van der Waals surface area contributed by atoms with Gasteiger partial charge in [-0.15, -0.1) is 0 Å². The van der Waals surface area contributed by atoms with Crippen molar-refractivity contribution in [2.75, 3.05) is 5.73 Å². The fraction of sp³-hybridized carbons (Fsp3) is 0.562. The standard InChI is InChI=1S/C16H26N2O/c1-4-6-9-13(5-2)16(19)18-12(3)14-10-7-8-11-15(14)17/h7-8,10-13H,4-6,9,17H2,1-3H3,(H,18,19). The van der Waals surface area contributed by atoms with Gasteiger partial charge >= 0.3 is 0 Å². The van der Waals surface area contributed by atoms with Crippen LogP contribution < -0.4 is 11.1 Å². The molecule has 0 aliphatic rings. The van der Waals surface area contributed by atoms with Crippen LogP contribution in [0.4, 0.5) is 5.69 Å². The first-order valence-electron chi connectivity index (χ1n) is 7.24. The Morgan fingerprint density at radius 3 is 2.58 bits per heavy atom. The lowest BCUT2D eigenvalue weighted by molar-refractivity contribution is -0.126. The molecule has 1 amide bonds. The Morgan fingerprint density at radius 2 is 2.00 bits per heavy atom. The minimum Gasteiger partial charge on any atom is -0.398 e. The maximum Gasteiger partial charge on any atom is 0.223 e. The van der Waals surface area contributed by atoms with Gasteiger partial charge in [0.05, 0.1) is 6.04 Å². The van der Waals surface area contributed by atoms with Crippen molar-refractivity contribution in [2.24, 2.45) is 5.92 Å². The zero-order valence-corrected chi connectivity index (χ0v) is 12.3. The number of benzene rings is 1. The van der Waals surface area contributed by atoms with Gasteiger partial charge in [0.1, 0.15) is 0 Å². The number of amides is 1. The Labute approximate surface area is 116 Å². The highest BCUT2D eigenvalue weighted by Gasteiger charge is 2.19. The molecule has 1 aromatic carbocycles. The van der Waals surface area contributed by atoms with Crippen molar-refractivity contribution in [3.05, 3.63) is 29.8 Å². The second-order valence-corrected chi connectivity index (χ2v) is 5.11. The van der Waals surface area contributed by atoms with Crippen molar-refractivity contribution < 1.29 is 4.79 Å². The predicted octanol–water partition coefficient (Wildman–Crippen LogP) is 3.66. The van der Waals surface area contributed by atoms with E-state index in [-0.39, 0.29) is 17.9 Å². The number of nitrogens with two attached hydrogens (primary N) is 1. The third kappa shape index (κ3) is 4.58. The first-order chi connectivity index (χ1) is 9.10. The predicted molar refractivity (Wildman–Crippen MR) is 80.7 cm³/mol. The van der Waals surface area contributed by atoms with Gasteiger partial charge in [0, 0.05) is 11.6 Å². The van der Waals surface area contributed by atoms with E-state index in [9.17, 15) is 4.79 Å². The van der Waals surface area contributed by atoms with Crippen LogP contribution in [0.5, 0.6) is 0 Å². The number of anilines is 1. The minimum atomic E-state index is -0.0376. The summed E-state index contributed by atoms with van der Waals surface area (Å²) in [5.41, 5.74) is 7.66. The SMILES string of the molecule is CCCCC(CC)C(=O)NC(C)c1ccccc1N. The van der Waals surface area contributed by atoms with Crippen LogP contribution in [0.1, 0.15) is 58.1 Å². The van der Waals surface area contributed by atoms with E-state index in [0.29, 0.717) is 0 Å². The molecule has 106 valence electrons. The van der Waals surface area contributed by atoms with E-state index >= 15 is 0 Å². The van der Waals surface area contributed by atoms with Gasteiger partial charge in [0.15, 0.2) is 0 Å². The summed E-state index contributed by atoms with van der Waals surface area (Å²) in [6, 6.07) is 7.65. The number of carbonyl (C=O) groups excluding carboxylic acids is 1. The number of nitrogens with one attached hydrogen (secondary N) is 1. The van der Waals surface area contributed by atoms with Crippen LogP contribution in [0.15, 0.2) is 24.3 Å². The monoisotopic (exact) mass is 262 g/mol. The second-order valence-electron chi connectivity index (χ2n) is 5.11. The number of hydrogen-bond donors (Lipinski definition) is 2. The van der Waals surface area contributed by atoms with Crippen LogP contribution in [0.3, 0.4) is 0 Å². The molecule has 0 radical (unpaired) electrons. The molecule has 0 fully saturated rings. The molecule has 0 saturated heterocycles. The van der Waals surface area contributed by atoms with Crippen molar-refractivity contribution in [1.82, 2.24) is 5.32 Å². The van der Waals surface area contributed by atoms with Crippen LogP contribution in [0, 0.1) is 5.92 Å². The lowest BCUT2D eigenvalue weighted by atomic mass is 9.97. The molecule has 1 rings (SSSR count). The quantitative estimate of drug-likeness (QED) is 0.737. The Morgan fingerprint density at radius 1 is 1.32 bits per heavy atom. The average Bonchev–Trinajstić information content (AvgIpc) is 2.40. The van der Waals surface area contributed by atoms with Crippen LogP contribution >= 0.6 is 0 Å². The van der Waals surface area contributed by atoms with Gasteiger partial charge in [0.2, 0.25) is 5.91 Å². The number of para-hydroxylation sites is 1. The molecule has 2 unspecified atom stereocenters. The van der Waals surface area contributed by atoms with Crippen molar-refractivity contribution in [1.29, 1.82) is 0 Å². The Kier molecular flexibility index (Phi) is 6.40. The molecular weight excluding hydrogens is 236 g/mol. The van der Waals surface area contributed by atoms with Gasteiger partial charge in [-0.05, 0) is 31.4 Å². The molecule has 3 heteroatoms. The summed E-state index contributed by atoms with van der Waals surface area (Å²) < 4.78 is 0. The molecule has 0 spiro atoms. The van der Waals surface area contributed by atoms with E-state index in [1.165, 1.54) is 0 Å². The average molecular weight is 262 g/mol. The summed E-state index contributed by atoms with van der Waals surface area (Å²) in [7, 11) is 0. The Hall–Kier alpha value is -1.51. The number of hydrogen-bond acceptors (Lipinski definition) is 2. The van der Waals surface area contributed by atoms with E-state index in [4.69, 9.17) is 5.73 Å². The topological polar surface area (TPSA) is 55.1 Å². The third-order valence-corrected chi connectivity index (χ3v) is 3.59. The number of unbranched alkanes of at least 4 members (excludes halogenated alkanes) is 1. The largest absolute Gasteiger partial charge is 0.398 e. The first kappa shape index (κ1) is 15.5. The molecule has 0 aromatic heterocycles. The summed E-state index contributed by atoms with van der Waals surface area (Å²) in [6.07, 6.45) is 4.09. The van der Waals surface area contributed by atoms with Gasteiger partial charge in [-0.2, -0.15) is 0 Å². The molecule has 3 nitrogen and oxygen atoms in total. The maximum atomic E-state index is 12.2. The van der Waals surface area contributed by atoms with Crippen LogP contribution in [0.25, 0.3) is 0 Å². The summed E-state index contributed by atoms with van der Waals surface area (Å²) in [5, 5.41) is 3.08. The van der Waals surface area contributed by atoms with Gasteiger partial charge in [0.25, 0.3) is 0 Å². The molecule has 0 aliphatic heterocycles. The highest BCUT2D eigenvalue weighted by atomic mass is 16.1. The molecular formula is C16H26N2O. The molecule has 2 atom stereocenters. The highest BCUT2D eigenvalue weighted by Crippen LogP contribution is 2.21. The van der Waals surface area contributed by atoms with Gasteiger partial charge in [-0.3, -0.25) is 4.79 Å². The fourth-order valence-electron chi connectivity index (χ4n) is 2.29. The highest BCUT2D eigenvalue weighted by molar-refractivity contribution is 5.79. The van der Waals surface area contributed by atoms with Crippen LogP contribution in [0.2, 0.25) is 0 Å². The van der Waals surface area contributed by atoms with E-state index in [0.717, 1.165) is 36.9 Å². The van der Waals surface area contributed by atoms with Crippen molar-refractivity contribution in [3.8, 4) is 0 Å². The third-order valence-electron chi connectivity index (χ3n) is 3.59. The zero-order chi connectivity index (χ0) is 14.3. The van der Waals surface area contributed by atoms with E-state index in [1.807, 2.05) is 31.2 Å². The molecule has 1 aromatic rings. The molecule has 3 N–H and O–H groups in total. The van der Waals surface area contributed by atoms with Gasteiger partial charge in [-0.25, -0.2) is 0 Å². The number of rotatable bonds is 7. The van der Waals surface area contributed by atoms with Crippen molar-refractivity contribution in [2.45, 2.75) is 52.5 Å². The van der Waals surface area contributed by atoms with Crippen molar-refractivity contribution in [3.63, 3.8) is 0 Å². The number of carbonyl (C=O) groups is 1. The van der Waals surface area contributed by atoms with E-state index < -0.39 is 0 Å². The first-order valence-corrected chi connectivity index (χ1v) is 7.24. The molecule has 0 bridgehead atoms. The normalized spacial score (nSPS) is 13.8. The maximum absolute atomic E-state index is 12.2. The van der Waals surface area contributed by atoms with Crippen LogP contribution in [-0.2, 0) is 4.79 Å². The molecule has 0 aliphatic carbocycles. The lowest BCUT2D eigenvalue weighted by Gasteiger charge is -2.20. The van der Waals surface area contributed by atoms with Crippen LogP contribution in [-0.4, -0.2) is 5.91 Å². The number of nitrogen functional groups attached to an aromatic ring is 1. The summed E-state index contributed by atoms with van der Waals surface area (Å²) >= 11 is 0. The van der Waals surface area contributed by atoms with E-state index in [1.54, 1.807) is 0 Å². The Balaban J connectivity index is 2.62. The van der Waals surface area contributed by atoms with Gasteiger partial charge in [-0.1, -0.05) is 44.9 Å².